The largest absolute Gasteiger partial charge is 0.246 e. The summed E-state index contributed by atoms with van der Waals surface area (Å²) in [6, 6.07) is 0. The van der Waals surface area contributed by atoms with E-state index < -0.39 is 13.7 Å². The fraction of sp³-hybridized carbons (Fsp3) is 0.400. The molecule has 0 saturated carbocycles. The first-order valence-electron chi connectivity index (χ1n) is 4.79. The zero-order valence-corrected chi connectivity index (χ0v) is 6.14. The minimum absolute atomic E-state index is 0.157. The highest BCUT2D eigenvalue weighted by molar-refractivity contribution is 9.11. The topological polar surface area (TPSA) is 12.9 Å². The van der Waals surface area contributed by atoms with Crippen molar-refractivity contribution in [2.75, 3.05) is 0 Å². The average molecular weight is 198 g/mol. The van der Waals surface area contributed by atoms with E-state index in [2.05, 4.69) is 20.9 Å². The molecule has 0 bridgehead atoms. The van der Waals surface area contributed by atoms with Crippen LogP contribution < -0.4 is 0 Å². The molecule has 0 atom stereocenters. The second-order valence-corrected chi connectivity index (χ2v) is 3.46. The van der Waals surface area contributed by atoms with E-state index in [4.69, 9.17) is 8.22 Å². The zero-order chi connectivity index (χ0) is 11.1. The minimum atomic E-state index is -2.38. The van der Waals surface area contributed by atoms with Crippen molar-refractivity contribution in [3.8, 4) is 0 Å². The Morgan fingerprint density at radius 2 is 2.62 bits per heavy atom. The Balaban J connectivity index is 3.19. The van der Waals surface area contributed by atoms with Crippen LogP contribution in [0.4, 0.5) is 0 Å². The Morgan fingerprint density at radius 3 is 3.00 bits per heavy atom. The molecule has 0 saturated heterocycles. The summed E-state index contributed by atoms with van der Waals surface area (Å²) in [4.78, 5) is 3.60. The van der Waals surface area contributed by atoms with Crippen molar-refractivity contribution in [2.45, 2.75) is 13.7 Å². The Labute approximate surface area is 69.3 Å². The maximum absolute atomic E-state index is 7.10. The maximum Gasteiger partial charge on any atom is 0.0928 e. The third-order valence-corrected chi connectivity index (χ3v) is 2.10. The second-order valence-electron chi connectivity index (χ2n) is 1.14. The lowest BCUT2D eigenvalue weighted by molar-refractivity contribution is 1.19. The predicted molar refractivity (Wildman–Crippen MR) is 39.3 cm³/mol. The maximum atomic E-state index is 7.10. The molecule has 0 fully saturated rings. The number of hydrogen-bond donors (Lipinski definition) is 0. The van der Waals surface area contributed by atoms with E-state index in [0.717, 1.165) is 11.3 Å². The van der Waals surface area contributed by atoms with Gasteiger partial charge in [0.1, 0.15) is 0 Å². The van der Waals surface area contributed by atoms with Gasteiger partial charge in [-0.2, -0.15) is 0 Å². The van der Waals surface area contributed by atoms with E-state index in [-0.39, 0.29) is 14.5 Å². The molecule has 0 radical (unpaired) electrons. The summed E-state index contributed by atoms with van der Waals surface area (Å²) in [5, 5.41) is -0.157. The van der Waals surface area contributed by atoms with Gasteiger partial charge in [-0.25, -0.2) is 4.98 Å². The molecule has 0 aromatic carbocycles. The first kappa shape index (κ1) is 2.06. The van der Waals surface area contributed by atoms with Crippen LogP contribution in [0.5, 0.6) is 0 Å². The number of hydrogen-bond acceptors (Lipinski definition) is 2. The second kappa shape index (κ2) is 2.15. The van der Waals surface area contributed by atoms with Crippen LogP contribution in [0.3, 0.4) is 0 Å². The molecule has 1 aromatic rings. The summed E-state index contributed by atoms with van der Waals surface area (Å²) < 4.78 is 42.7. The Hall–Kier alpha value is 0.110. The van der Waals surface area contributed by atoms with Gasteiger partial charge in [0.05, 0.1) is 14.5 Å². The molecule has 1 heterocycles. The van der Waals surface area contributed by atoms with Crippen molar-refractivity contribution in [2.24, 2.45) is 0 Å². The van der Waals surface area contributed by atoms with Crippen LogP contribution >= 0.6 is 27.3 Å². The van der Waals surface area contributed by atoms with E-state index in [0.29, 0.717) is 0 Å². The first-order valence-corrected chi connectivity index (χ1v) is 3.40. The summed E-state index contributed by atoms with van der Waals surface area (Å²) in [6.07, 6.45) is 0. The molecule has 1 rings (SSSR count). The van der Waals surface area contributed by atoms with Gasteiger partial charge in [0.2, 0.25) is 0 Å². The lowest BCUT2D eigenvalue weighted by Gasteiger charge is -1.75. The minimum Gasteiger partial charge on any atom is -0.246 e. The fourth-order valence-electron chi connectivity index (χ4n) is 0.302. The number of thiazole rings is 1. The van der Waals surface area contributed by atoms with E-state index in [1.807, 2.05) is 0 Å². The molecule has 8 heavy (non-hydrogen) atoms. The fourth-order valence-corrected chi connectivity index (χ4v) is 1.30. The van der Waals surface area contributed by atoms with Crippen molar-refractivity contribution in [3.05, 3.63) is 14.5 Å². The molecule has 44 valence electrons. The SMILES string of the molecule is [2H]C([2H])([2H])c1nc(C([2H])([2H])[2H])c(Br)s1. The molecule has 3 heteroatoms. The van der Waals surface area contributed by atoms with Crippen molar-refractivity contribution in [3.63, 3.8) is 0 Å². The molecule has 1 aromatic heterocycles. The number of rotatable bonds is 0. The molecule has 0 spiro atoms. The summed E-state index contributed by atoms with van der Waals surface area (Å²) in [5.74, 6) is 0. The highest BCUT2D eigenvalue weighted by atomic mass is 79.9. The van der Waals surface area contributed by atoms with Gasteiger partial charge in [0, 0.05) is 8.22 Å². The van der Waals surface area contributed by atoms with Crippen LogP contribution in [0.2, 0.25) is 0 Å². The van der Waals surface area contributed by atoms with Crippen LogP contribution in [0.1, 0.15) is 18.9 Å². The molecular weight excluding hydrogens is 186 g/mol. The highest BCUT2D eigenvalue weighted by Crippen LogP contribution is 2.22. The monoisotopic (exact) mass is 197 g/mol. The smallest absolute Gasteiger partial charge is 0.0928 e. The van der Waals surface area contributed by atoms with Gasteiger partial charge in [0.25, 0.3) is 0 Å². The van der Waals surface area contributed by atoms with Crippen LogP contribution in [-0.2, 0) is 0 Å². The van der Waals surface area contributed by atoms with Gasteiger partial charge in [0.15, 0.2) is 0 Å². The summed E-state index contributed by atoms with van der Waals surface area (Å²) in [5.41, 5.74) is -0.186. The lowest BCUT2D eigenvalue weighted by Crippen LogP contribution is -1.68. The number of nitrogens with zero attached hydrogens (tertiary/aromatic N) is 1. The lowest BCUT2D eigenvalue weighted by atomic mass is 10.6. The summed E-state index contributed by atoms with van der Waals surface area (Å²) in [6.45, 7) is -4.73. The molecule has 0 N–H and O–H groups in total. The van der Waals surface area contributed by atoms with E-state index in [1.54, 1.807) is 0 Å². The van der Waals surface area contributed by atoms with E-state index in [9.17, 15) is 0 Å². The zero-order valence-electron chi connectivity index (χ0n) is 9.73. The first-order chi connectivity index (χ1) is 6.12. The molecule has 0 aliphatic heterocycles. The molecular formula is C5H6BrNS. The average Bonchev–Trinajstić information content (AvgIpc) is 2.27. The quantitative estimate of drug-likeness (QED) is 0.624. The van der Waals surface area contributed by atoms with Crippen molar-refractivity contribution in [1.82, 2.24) is 4.98 Å². The molecule has 0 aliphatic carbocycles. The van der Waals surface area contributed by atoms with Gasteiger partial charge in [-0.05, 0) is 29.6 Å². The summed E-state index contributed by atoms with van der Waals surface area (Å²) in [7, 11) is 0. The summed E-state index contributed by atoms with van der Waals surface area (Å²) >= 11 is 3.82. The van der Waals surface area contributed by atoms with Gasteiger partial charge >= 0.3 is 0 Å². The Bertz CT molecular complexity index is 339. The molecule has 0 unspecified atom stereocenters. The number of aryl methyl sites for hydroxylation is 2. The van der Waals surface area contributed by atoms with Crippen molar-refractivity contribution < 1.29 is 8.22 Å². The Kier molecular flexibility index (Phi) is 0.554. The van der Waals surface area contributed by atoms with Crippen LogP contribution in [-0.4, -0.2) is 4.98 Å². The molecule has 0 aliphatic rings. The van der Waals surface area contributed by atoms with Gasteiger partial charge < -0.3 is 0 Å². The third kappa shape index (κ3) is 1.09. The Morgan fingerprint density at radius 1 is 1.75 bits per heavy atom. The van der Waals surface area contributed by atoms with Crippen LogP contribution in [0.25, 0.3) is 0 Å². The third-order valence-electron chi connectivity index (χ3n) is 0.586. The number of aromatic nitrogens is 1. The van der Waals surface area contributed by atoms with Gasteiger partial charge in [-0.1, -0.05) is 0 Å². The van der Waals surface area contributed by atoms with E-state index >= 15 is 0 Å². The number of halogens is 1. The van der Waals surface area contributed by atoms with Crippen molar-refractivity contribution in [1.29, 1.82) is 0 Å². The highest BCUT2D eigenvalue weighted by Gasteiger charge is 1.97. The molecule has 0 amide bonds. The molecule has 1 nitrogen and oxygen atoms in total. The van der Waals surface area contributed by atoms with E-state index in [1.165, 1.54) is 0 Å². The van der Waals surface area contributed by atoms with Gasteiger partial charge in [-0.15, -0.1) is 11.3 Å². The normalized spacial score (nSPS) is 24.1. The van der Waals surface area contributed by atoms with Crippen molar-refractivity contribution >= 4 is 27.3 Å². The predicted octanol–water partition coefficient (Wildman–Crippen LogP) is 2.52. The van der Waals surface area contributed by atoms with Gasteiger partial charge in [-0.3, -0.25) is 0 Å². The standard InChI is InChI=1S/C5H6BrNS/c1-3-5(6)8-4(2)7-3/h1-2H3/i1D3,2D3. The van der Waals surface area contributed by atoms with Crippen LogP contribution in [0, 0.1) is 13.7 Å². The van der Waals surface area contributed by atoms with Crippen LogP contribution in [0.15, 0.2) is 3.79 Å².